The molecule has 0 N–H and O–H groups in total. The Labute approximate surface area is 369 Å². The number of fused-ring (bicyclic) bond motifs is 5. The van der Waals surface area contributed by atoms with E-state index < -0.39 is 0 Å². The first-order valence-corrected chi connectivity index (χ1v) is 22.4. The second kappa shape index (κ2) is 13.7. The lowest BCUT2D eigenvalue weighted by Crippen LogP contribution is -2.14. The van der Waals surface area contributed by atoms with E-state index in [0.29, 0.717) is 0 Å². The van der Waals surface area contributed by atoms with Crippen LogP contribution in [-0.2, 0) is 11.8 Å². The minimum atomic E-state index is -0.144. The number of benzene rings is 10. The molecule has 3 aliphatic rings. The normalized spacial score (nSPS) is 14.2. The van der Waals surface area contributed by atoms with Crippen molar-refractivity contribution in [2.24, 2.45) is 0 Å². The summed E-state index contributed by atoms with van der Waals surface area (Å²) in [6.07, 6.45) is 9.13. The van der Waals surface area contributed by atoms with Crippen LogP contribution in [0.1, 0.15) is 48.1 Å². The molecule has 0 heterocycles. The molecular formula is C63H44. The highest BCUT2D eigenvalue weighted by Crippen LogP contribution is 2.54. The van der Waals surface area contributed by atoms with Crippen molar-refractivity contribution in [3.63, 3.8) is 0 Å². The maximum absolute atomic E-state index is 2.56. The van der Waals surface area contributed by atoms with Crippen molar-refractivity contribution in [2.45, 2.75) is 32.1 Å². The quantitative estimate of drug-likeness (QED) is 0.152. The molecule has 0 radical (unpaired) electrons. The van der Waals surface area contributed by atoms with Crippen LogP contribution >= 0.6 is 0 Å². The first kappa shape index (κ1) is 36.1. The van der Waals surface area contributed by atoms with E-state index in [0.717, 1.165) is 12.8 Å². The van der Waals surface area contributed by atoms with Crippen LogP contribution in [-0.4, -0.2) is 0 Å². The Bertz CT molecular complexity index is 3580. The summed E-state index contributed by atoms with van der Waals surface area (Å²) in [4.78, 5) is 0. The zero-order chi connectivity index (χ0) is 41.8. The van der Waals surface area contributed by atoms with E-state index in [-0.39, 0.29) is 5.41 Å². The smallest absolute Gasteiger partial charge is 0.0159 e. The number of allylic oxidation sites excluding steroid dienone is 3. The van der Waals surface area contributed by atoms with Crippen LogP contribution in [0.3, 0.4) is 0 Å². The molecule has 296 valence electrons. The molecule has 0 amide bonds. The molecule has 0 spiro atoms. The molecule has 10 aromatic rings. The van der Waals surface area contributed by atoms with E-state index in [1.807, 2.05) is 0 Å². The molecule has 0 aromatic heterocycles. The van der Waals surface area contributed by atoms with Crippen LogP contribution in [0.25, 0.3) is 111 Å². The molecule has 0 aliphatic heterocycles. The largest absolute Gasteiger partial charge is 0.0795 e. The van der Waals surface area contributed by atoms with Gasteiger partial charge < -0.3 is 0 Å². The van der Waals surface area contributed by atoms with Gasteiger partial charge in [-0.25, -0.2) is 0 Å². The molecule has 13 rings (SSSR count). The Hall–Kier alpha value is -7.54. The van der Waals surface area contributed by atoms with Gasteiger partial charge in [-0.3, -0.25) is 0 Å². The molecule has 10 aromatic carbocycles. The van der Waals surface area contributed by atoms with Crippen molar-refractivity contribution < 1.29 is 0 Å². The lowest BCUT2D eigenvalue weighted by Gasteiger charge is -2.26. The van der Waals surface area contributed by atoms with E-state index in [1.54, 1.807) is 0 Å². The highest BCUT2D eigenvalue weighted by molar-refractivity contribution is 6.23. The van der Waals surface area contributed by atoms with Gasteiger partial charge in [-0.05, 0) is 170 Å². The minimum absolute atomic E-state index is 0.144. The van der Waals surface area contributed by atoms with Crippen molar-refractivity contribution in [2.75, 3.05) is 0 Å². The predicted octanol–water partition coefficient (Wildman–Crippen LogP) is 17.1. The first-order chi connectivity index (χ1) is 31.0. The fraction of sp³-hybridized carbons (Fsp3) is 0.0794. The maximum Gasteiger partial charge on any atom is 0.0159 e. The molecule has 3 aliphatic carbocycles. The Kier molecular flexibility index (Phi) is 7.88. The van der Waals surface area contributed by atoms with Gasteiger partial charge in [0.2, 0.25) is 0 Å². The van der Waals surface area contributed by atoms with Crippen molar-refractivity contribution in [3.8, 4) is 66.8 Å². The van der Waals surface area contributed by atoms with Crippen molar-refractivity contribution >= 4 is 44.0 Å². The molecule has 0 bridgehead atoms. The predicted molar refractivity (Wildman–Crippen MR) is 269 cm³/mol. The van der Waals surface area contributed by atoms with E-state index in [4.69, 9.17) is 0 Å². The Morgan fingerprint density at radius 1 is 0.365 bits per heavy atom. The SMILES string of the molecule is CC1(C)c2ccccc2-c2cc3c(-c4ccc(-c5ccccc5)cc4)c4ccc(-c5cc6c7c8c(cccc58)CC=C7CC=C6)cc4c(-c4ccc(-c5ccccc5)cc4)c3cc21. The third kappa shape index (κ3) is 5.47. The molecule has 63 heavy (non-hydrogen) atoms. The lowest BCUT2D eigenvalue weighted by molar-refractivity contribution is 0.661. The summed E-state index contributed by atoms with van der Waals surface area (Å²) in [5.41, 5.74) is 23.4. The molecule has 0 atom stereocenters. The zero-order valence-electron chi connectivity index (χ0n) is 35.5. The maximum atomic E-state index is 2.56. The van der Waals surface area contributed by atoms with Gasteiger partial charge in [0.05, 0.1) is 0 Å². The summed E-state index contributed by atoms with van der Waals surface area (Å²) in [5, 5.41) is 7.88. The van der Waals surface area contributed by atoms with E-state index >= 15 is 0 Å². The molecule has 0 nitrogen and oxygen atoms in total. The van der Waals surface area contributed by atoms with E-state index in [1.165, 1.54) is 132 Å². The van der Waals surface area contributed by atoms with Crippen molar-refractivity contribution in [3.05, 3.63) is 228 Å². The van der Waals surface area contributed by atoms with Gasteiger partial charge in [-0.15, -0.1) is 0 Å². The number of hydrogen-bond donors (Lipinski definition) is 0. The minimum Gasteiger partial charge on any atom is -0.0795 e. The molecule has 0 saturated carbocycles. The third-order valence-corrected chi connectivity index (χ3v) is 14.5. The van der Waals surface area contributed by atoms with Crippen LogP contribution in [0.4, 0.5) is 0 Å². The highest BCUT2D eigenvalue weighted by Gasteiger charge is 2.36. The van der Waals surface area contributed by atoms with Crippen LogP contribution in [0.5, 0.6) is 0 Å². The summed E-state index contributed by atoms with van der Waals surface area (Å²) in [6, 6.07) is 71.0. The van der Waals surface area contributed by atoms with Crippen LogP contribution in [0.2, 0.25) is 0 Å². The fourth-order valence-corrected chi connectivity index (χ4v) is 11.4. The van der Waals surface area contributed by atoms with E-state index in [2.05, 4.69) is 220 Å². The Balaban J connectivity index is 1.14. The van der Waals surface area contributed by atoms with Crippen LogP contribution in [0.15, 0.2) is 200 Å². The highest BCUT2D eigenvalue weighted by atomic mass is 14.4. The molecule has 0 saturated heterocycles. The topological polar surface area (TPSA) is 0 Å². The summed E-state index contributed by atoms with van der Waals surface area (Å²) >= 11 is 0. The van der Waals surface area contributed by atoms with E-state index in [9.17, 15) is 0 Å². The van der Waals surface area contributed by atoms with Gasteiger partial charge in [0.15, 0.2) is 0 Å². The average Bonchev–Trinajstić information content (AvgIpc) is 3.57. The van der Waals surface area contributed by atoms with Gasteiger partial charge >= 0.3 is 0 Å². The first-order valence-electron chi connectivity index (χ1n) is 22.4. The van der Waals surface area contributed by atoms with Gasteiger partial charge in [0.1, 0.15) is 0 Å². The lowest BCUT2D eigenvalue weighted by atomic mass is 9.78. The Morgan fingerprint density at radius 3 is 1.67 bits per heavy atom. The average molecular weight is 801 g/mol. The second-order valence-electron chi connectivity index (χ2n) is 18.3. The standard InChI is InChI=1S/C63H44/c1-63(2)57-22-10-9-20-49(57)53-37-55-56(38-58(53)63)61(46-29-25-42(26-30-46)40-15-7-4-8-16-40)54-35-47(33-34-51(54)60(55)45-27-23-41(24-28-45)39-13-5-3-6-14-39)52-36-48-19-11-17-43-31-32-44-18-12-21-50(52)62(44)59(43)48/h3-16,18-31,33-38H,17,32H2,1-2H3. The summed E-state index contributed by atoms with van der Waals surface area (Å²) < 4.78 is 0. The molecule has 0 unspecified atom stereocenters. The number of rotatable bonds is 5. The van der Waals surface area contributed by atoms with Gasteiger partial charge in [0, 0.05) is 5.41 Å². The molecular weight excluding hydrogens is 757 g/mol. The monoisotopic (exact) mass is 800 g/mol. The van der Waals surface area contributed by atoms with Crippen LogP contribution < -0.4 is 0 Å². The van der Waals surface area contributed by atoms with Gasteiger partial charge in [0.25, 0.3) is 0 Å². The summed E-state index contributed by atoms with van der Waals surface area (Å²) in [5.74, 6) is 0. The number of hydrogen-bond acceptors (Lipinski definition) is 0. The van der Waals surface area contributed by atoms with Gasteiger partial charge in [-0.2, -0.15) is 0 Å². The Morgan fingerprint density at radius 2 is 0.952 bits per heavy atom. The molecule has 0 fully saturated rings. The summed E-state index contributed by atoms with van der Waals surface area (Å²) in [7, 11) is 0. The second-order valence-corrected chi connectivity index (χ2v) is 18.3. The van der Waals surface area contributed by atoms with Gasteiger partial charge in [-0.1, -0.05) is 196 Å². The van der Waals surface area contributed by atoms with Crippen molar-refractivity contribution in [1.82, 2.24) is 0 Å². The fourth-order valence-electron chi connectivity index (χ4n) is 11.4. The van der Waals surface area contributed by atoms with Crippen molar-refractivity contribution in [1.29, 1.82) is 0 Å². The third-order valence-electron chi connectivity index (χ3n) is 14.5. The van der Waals surface area contributed by atoms with Crippen LogP contribution in [0, 0.1) is 0 Å². The summed E-state index contributed by atoms with van der Waals surface area (Å²) in [6.45, 7) is 4.80. The molecule has 0 heteroatoms. The zero-order valence-corrected chi connectivity index (χ0v) is 35.5.